The van der Waals surface area contributed by atoms with Crippen molar-refractivity contribution in [3.05, 3.63) is 23.4 Å². The van der Waals surface area contributed by atoms with Crippen LogP contribution in [0.1, 0.15) is 22.5 Å². The second-order valence-corrected chi connectivity index (χ2v) is 3.76. The predicted molar refractivity (Wildman–Crippen MR) is 55.0 cm³/mol. The molecular formula is C9H11N2OP. The van der Waals surface area contributed by atoms with Crippen molar-refractivity contribution in [3.63, 3.8) is 0 Å². The molecule has 0 amide bonds. The van der Waals surface area contributed by atoms with E-state index in [1.807, 2.05) is 10.7 Å². The number of aryl methyl sites for hydroxylation is 1. The van der Waals surface area contributed by atoms with Crippen LogP contribution in [-0.4, -0.2) is 17.8 Å². The molecule has 2 rings (SSSR count). The van der Waals surface area contributed by atoms with Gasteiger partial charge in [-0.15, -0.1) is 0 Å². The van der Waals surface area contributed by atoms with Crippen LogP contribution >= 0.6 is 9.39 Å². The SMILES string of the molecule is O=Cc1ccc2c(n1)N(P)CCC2. The summed E-state index contributed by atoms with van der Waals surface area (Å²) in [5, 5.41) is 0. The Hall–Kier alpha value is -0.950. The van der Waals surface area contributed by atoms with E-state index in [1.54, 1.807) is 6.07 Å². The quantitative estimate of drug-likeness (QED) is 0.501. The molecular weight excluding hydrogens is 183 g/mol. The highest BCUT2D eigenvalue weighted by Gasteiger charge is 2.14. The molecule has 4 heteroatoms. The van der Waals surface area contributed by atoms with Crippen LogP contribution in [0, 0.1) is 0 Å². The number of aldehydes is 1. The molecule has 0 fully saturated rings. The summed E-state index contributed by atoms with van der Waals surface area (Å²) in [5.41, 5.74) is 1.74. The topological polar surface area (TPSA) is 33.2 Å². The van der Waals surface area contributed by atoms with Crippen molar-refractivity contribution < 1.29 is 4.79 Å². The fraction of sp³-hybridized carbons (Fsp3) is 0.333. The minimum atomic E-state index is 0.508. The van der Waals surface area contributed by atoms with Crippen LogP contribution < -0.4 is 4.67 Å². The van der Waals surface area contributed by atoms with Gasteiger partial charge in [0, 0.05) is 6.54 Å². The van der Waals surface area contributed by atoms with Crippen LogP contribution in [-0.2, 0) is 6.42 Å². The van der Waals surface area contributed by atoms with Crippen molar-refractivity contribution in [1.82, 2.24) is 4.98 Å². The molecule has 0 aromatic carbocycles. The molecule has 0 saturated carbocycles. The zero-order valence-electron chi connectivity index (χ0n) is 7.23. The van der Waals surface area contributed by atoms with Crippen molar-refractivity contribution in [1.29, 1.82) is 0 Å². The number of nitrogens with zero attached hydrogens (tertiary/aromatic N) is 2. The molecule has 3 nitrogen and oxygen atoms in total. The number of rotatable bonds is 1. The standard InChI is InChI=1S/C9H11N2OP/c12-6-8-4-3-7-2-1-5-11(13)9(7)10-8/h3-4,6H,1-2,5,13H2. The number of anilines is 1. The Morgan fingerprint density at radius 3 is 3.15 bits per heavy atom. The zero-order chi connectivity index (χ0) is 9.26. The first kappa shape index (κ1) is 8.64. The van der Waals surface area contributed by atoms with Crippen molar-refractivity contribution in [2.75, 3.05) is 11.2 Å². The molecule has 0 radical (unpaired) electrons. The highest BCUT2D eigenvalue weighted by atomic mass is 31.0. The summed E-state index contributed by atoms with van der Waals surface area (Å²) < 4.78 is 2.02. The molecule has 0 N–H and O–H groups in total. The Kier molecular flexibility index (Phi) is 2.28. The van der Waals surface area contributed by atoms with E-state index < -0.39 is 0 Å². The van der Waals surface area contributed by atoms with Crippen LogP contribution in [0.4, 0.5) is 5.82 Å². The highest BCUT2D eigenvalue weighted by molar-refractivity contribution is 7.19. The highest BCUT2D eigenvalue weighted by Crippen LogP contribution is 2.27. The fourth-order valence-electron chi connectivity index (χ4n) is 1.55. The van der Waals surface area contributed by atoms with Crippen LogP contribution in [0.3, 0.4) is 0 Å². The summed E-state index contributed by atoms with van der Waals surface area (Å²) in [6.07, 6.45) is 3.00. The molecule has 1 aromatic heterocycles. The average Bonchev–Trinajstić information content (AvgIpc) is 2.18. The Labute approximate surface area is 79.4 Å². The molecule has 2 heterocycles. The van der Waals surface area contributed by atoms with Gasteiger partial charge in [-0.2, -0.15) is 0 Å². The third kappa shape index (κ3) is 1.56. The van der Waals surface area contributed by atoms with Crippen LogP contribution in [0.25, 0.3) is 0 Å². The largest absolute Gasteiger partial charge is 0.341 e. The van der Waals surface area contributed by atoms with Crippen LogP contribution in [0.15, 0.2) is 12.1 Å². The van der Waals surface area contributed by atoms with Gasteiger partial charge in [0.05, 0.1) is 0 Å². The van der Waals surface area contributed by atoms with Crippen LogP contribution in [0.2, 0.25) is 0 Å². The smallest absolute Gasteiger partial charge is 0.168 e. The van der Waals surface area contributed by atoms with E-state index >= 15 is 0 Å². The van der Waals surface area contributed by atoms with E-state index in [-0.39, 0.29) is 0 Å². The molecule has 1 aromatic rings. The lowest BCUT2D eigenvalue weighted by Crippen LogP contribution is -2.20. The first-order valence-electron chi connectivity index (χ1n) is 4.28. The summed E-state index contributed by atoms with van der Waals surface area (Å²) in [7, 11) is 2.63. The number of carbonyl (C=O) groups excluding carboxylic acids is 1. The molecule has 0 bridgehead atoms. The van der Waals surface area contributed by atoms with Gasteiger partial charge in [0.15, 0.2) is 6.29 Å². The van der Waals surface area contributed by atoms with E-state index in [4.69, 9.17) is 0 Å². The number of aromatic nitrogens is 1. The van der Waals surface area contributed by atoms with E-state index in [0.717, 1.165) is 31.5 Å². The van der Waals surface area contributed by atoms with Gasteiger partial charge in [-0.3, -0.25) is 4.79 Å². The van der Waals surface area contributed by atoms with Gasteiger partial charge in [0.2, 0.25) is 0 Å². The second kappa shape index (κ2) is 3.43. The summed E-state index contributed by atoms with van der Waals surface area (Å²) >= 11 is 0. The Balaban J connectivity index is 2.46. The maximum Gasteiger partial charge on any atom is 0.168 e. The van der Waals surface area contributed by atoms with E-state index in [2.05, 4.69) is 14.4 Å². The van der Waals surface area contributed by atoms with E-state index in [9.17, 15) is 4.79 Å². The first-order chi connectivity index (χ1) is 6.31. The summed E-state index contributed by atoms with van der Waals surface area (Å²) in [5.74, 6) is 0.931. The molecule has 68 valence electrons. The monoisotopic (exact) mass is 194 g/mol. The molecule has 1 atom stereocenters. The molecule has 0 saturated heterocycles. The molecule has 1 aliphatic rings. The van der Waals surface area contributed by atoms with Gasteiger partial charge in [-0.25, -0.2) is 4.98 Å². The fourth-order valence-corrected chi connectivity index (χ4v) is 1.95. The normalized spacial score (nSPS) is 15.3. The maximum atomic E-state index is 10.5. The minimum absolute atomic E-state index is 0.508. The molecule has 0 aliphatic carbocycles. The van der Waals surface area contributed by atoms with Crippen LogP contribution in [0.5, 0.6) is 0 Å². The van der Waals surface area contributed by atoms with Gasteiger partial charge >= 0.3 is 0 Å². The number of hydrogen-bond acceptors (Lipinski definition) is 3. The number of hydrogen-bond donors (Lipinski definition) is 0. The van der Waals surface area contributed by atoms with Gasteiger partial charge in [-0.1, -0.05) is 6.07 Å². The van der Waals surface area contributed by atoms with Crippen molar-refractivity contribution in [3.8, 4) is 0 Å². The maximum absolute atomic E-state index is 10.5. The average molecular weight is 194 g/mol. The lowest BCUT2D eigenvalue weighted by Gasteiger charge is -2.25. The van der Waals surface area contributed by atoms with E-state index in [0.29, 0.717) is 5.69 Å². The third-order valence-electron chi connectivity index (χ3n) is 2.22. The Morgan fingerprint density at radius 1 is 1.54 bits per heavy atom. The van der Waals surface area contributed by atoms with Gasteiger partial charge in [0.25, 0.3) is 0 Å². The minimum Gasteiger partial charge on any atom is -0.341 e. The molecule has 0 spiro atoms. The number of carbonyl (C=O) groups is 1. The van der Waals surface area contributed by atoms with Gasteiger partial charge < -0.3 is 4.67 Å². The van der Waals surface area contributed by atoms with Gasteiger partial charge in [-0.05, 0) is 33.9 Å². The third-order valence-corrected chi connectivity index (χ3v) is 2.72. The molecule has 1 aliphatic heterocycles. The number of fused-ring (bicyclic) bond motifs is 1. The first-order valence-corrected chi connectivity index (χ1v) is 4.80. The van der Waals surface area contributed by atoms with E-state index in [1.165, 1.54) is 5.56 Å². The second-order valence-electron chi connectivity index (χ2n) is 3.13. The number of pyridine rings is 1. The lowest BCUT2D eigenvalue weighted by atomic mass is 10.1. The molecule has 1 unspecified atom stereocenters. The Morgan fingerprint density at radius 2 is 2.38 bits per heavy atom. The summed E-state index contributed by atoms with van der Waals surface area (Å²) in [6.45, 7) is 0.993. The van der Waals surface area contributed by atoms with Crippen molar-refractivity contribution >= 4 is 21.5 Å². The van der Waals surface area contributed by atoms with Crippen molar-refractivity contribution in [2.24, 2.45) is 0 Å². The lowest BCUT2D eigenvalue weighted by molar-refractivity contribution is 0.111. The summed E-state index contributed by atoms with van der Waals surface area (Å²) in [6, 6.07) is 3.76. The van der Waals surface area contributed by atoms with Gasteiger partial charge in [0.1, 0.15) is 11.5 Å². The summed E-state index contributed by atoms with van der Waals surface area (Å²) in [4.78, 5) is 14.8. The van der Waals surface area contributed by atoms with Crippen molar-refractivity contribution in [2.45, 2.75) is 12.8 Å². The molecule has 13 heavy (non-hydrogen) atoms. The Bertz CT molecular complexity index is 340. The predicted octanol–water partition coefficient (Wildman–Crippen LogP) is 1.44. The zero-order valence-corrected chi connectivity index (χ0v) is 8.39.